The molecule has 0 unspecified atom stereocenters. The first-order chi connectivity index (χ1) is 8.22. The number of carbonyl (C=O) groups is 1. The van der Waals surface area contributed by atoms with Crippen molar-refractivity contribution in [3.05, 3.63) is 24.3 Å². The number of urea groups is 1. The molecule has 0 spiro atoms. The predicted octanol–water partition coefficient (Wildman–Crippen LogP) is 2.38. The van der Waals surface area contributed by atoms with E-state index in [1.165, 1.54) is 0 Å². The summed E-state index contributed by atoms with van der Waals surface area (Å²) in [5.41, 5.74) is 2.00. The summed E-state index contributed by atoms with van der Waals surface area (Å²) in [5.74, 6) is 0. The third-order valence-corrected chi connectivity index (χ3v) is 3.13. The predicted molar refractivity (Wildman–Crippen MR) is 70.6 cm³/mol. The first kappa shape index (κ1) is 11.8. The van der Waals surface area contributed by atoms with Crippen molar-refractivity contribution in [3.8, 4) is 0 Å². The number of hydrogen-bond donors (Lipinski definition) is 1. The normalized spacial score (nSPS) is 16.9. The van der Waals surface area contributed by atoms with Crippen molar-refractivity contribution < 1.29 is 4.79 Å². The van der Waals surface area contributed by atoms with Gasteiger partial charge in [-0.15, -0.1) is 0 Å². The molecule has 1 N–H and O–H groups in total. The summed E-state index contributed by atoms with van der Waals surface area (Å²) in [4.78, 5) is 15.8. The van der Waals surface area contributed by atoms with Crippen LogP contribution in [0.4, 0.5) is 16.2 Å². The summed E-state index contributed by atoms with van der Waals surface area (Å²) >= 11 is 0. The molecule has 2 rings (SSSR count). The van der Waals surface area contributed by atoms with Gasteiger partial charge >= 0.3 is 6.03 Å². The summed E-state index contributed by atoms with van der Waals surface area (Å²) in [5, 5.41) is 3.10. The van der Waals surface area contributed by atoms with Crippen molar-refractivity contribution in [2.24, 2.45) is 0 Å². The molecule has 1 aromatic rings. The van der Waals surface area contributed by atoms with E-state index in [4.69, 9.17) is 0 Å². The lowest BCUT2D eigenvalue weighted by Crippen LogP contribution is -2.39. The molecule has 0 atom stereocenters. The van der Waals surface area contributed by atoms with Crippen molar-refractivity contribution in [2.45, 2.75) is 12.8 Å². The maximum atomic E-state index is 12.2. The SMILES string of the molecule is CNc1cccc(N2CCCCN(C)C2=O)c1. The van der Waals surface area contributed by atoms with E-state index in [1.807, 2.05) is 43.3 Å². The van der Waals surface area contributed by atoms with Crippen LogP contribution in [0.1, 0.15) is 12.8 Å². The van der Waals surface area contributed by atoms with Gasteiger partial charge in [-0.2, -0.15) is 0 Å². The highest BCUT2D eigenvalue weighted by atomic mass is 16.2. The molecule has 4 nitrogen and oxygen atoms in total. The Hall–Kier alpha value is -1.71. The van der Waals surface area contributed by atoms with E-state index < -0.39 is 0 Å². The fraction of sp³-hybridized carbons (Fsp3) is 0.462. The maximum absolute atomic E-state index is 12.2. The van der Waals surface area contributed by atoms with Gasteiger partial charge in [0.25, 0.3) is 0 Å². The summed E-state index contributed by atoms with van der Waals surface area (Å²) in [6.07, 6.45) is 2.13. The molecule has 4 heteroatoms. The van der Waals surface area contributed by atoms with Gasteiger partial charge in [-0.25, -0.2) is 4.79 Å². The summed E-state index contributed by atoms with van der Waals surface area (Å²) < 4.78 is 0. The second kappa shape index (κ2) is 5.08. The smallest absolute Gasteiger partial charge is 0.324 e. The van der Waals surface area contributed by atoms with Gasteiger partial charge in [-0.3, -0.25) is 4.90 Å². The molecule has 1 aliphatic heterocycles. The highest BCUT2D eigenvalue weighted by Crippen LogP contribution is 2.22. The molecule has 17 heavy (non-hydrogen) atoms. The van der Waals surface area contributed by atoms with Crippen LogP contribution < -0.4 is 10.2 Å². The van der Waals surface area contributed by atoms with Crippen LogP contribution in [0, 0.1) is 0 Å². The van der Waals surface area contributed by atoms with Crippen LogP contribution in [0.15, 0.2) is 24.3 Å². The molecule has 0 aliphatic carbocycles. The van der Waals surface area contributed by atoms with Crippen molar-refractivity contribution in [3.63, 3.8) is 0 Å². The van der Waals surface area contributed by atoms with Crippen LogP contribution in [0.3, 0.4) is 0 Å². The minimum atomic E-state index is 0.0933. The van der Waals surface area contributed by atoms with E-state index in [2.05, 4.69) is 5.32 Å². The maximum Gasteiger partial charge on any atom is 0.324 e. The molecular weight excluding hydrogens is 214 g/mol. The monoisotopic (exact) mass is 233 g/mol. The number of nitrogens with one attached hydrogen (secondary N) is 1. The summed E-state index contributed by atoms with van der Waals surface area (Å²) in [6.45, 7) is 1.65. The van der Waals surface area contributed by atoms with Crippen molar-refractivity contribution in [1.82, 2.24) is 4.90 Å². The Morgan fingerprint density at radius 1 is 1.24 bits per heavy atom. The van der Waals surface area contributed by atoms with E-state index in [9.17, 15) is 4.79 Å². The average Bonchev–Trinajstić information content (AvgIpc) is 2.53. The second-order valence-corrected chi connectivity index (χ2v) is 4.36. The van der Waals surface area contributed by atoms with Gasteiger partial charge in [0.1, 0.15) is 0 Å². The molecule has 1 aromatic carbocycles. The zero-order valence-corrected chi connectivity index (χ0v) is 10.4. The first-order valence-electron chi connectivity index (χ1n) is 6.03. The molecule has 0 aromatic heterocycles. The van der Waals surface area contributed by atoms with Gasteiger partial charge in [-0.05, 0) is 31.0 Å². The standard InChI is InChI=1S/C13H19N3O/c1-14-11-6-5-7-12(10-11)16-9-4-3-8-15(2)13(16)17/h5-7,10,14H,3-4,8-9H2,1-2H3. The number of amides is 2. The van der Waals surface area contributed by atoms with Crippen molar-refractivity contribution in [1.29, 1.82) is 0 Å². The lowest BCUT2D eigenvalue weighted by molar-refractivity contribution is 0.219. The average molecular weight is 233 g/mol. The van der Waals surface area contributed by atoms with E-state index in [0.717, 1.165) is 37.3 Å². The van der Waals surface area contributed by atoms with Crippen LogP contribution in [0.2, 0.25) is 0 Å². The molecule has 1 saturated heterocycles. The molecule has 1 fully saturated rings. The highest BCUT2D eigenvalue weighted by molar-refractivity contribution is 5.92. The molecular formula is C13H19N3O. The molecule has 1 aliphatic rings. The van der Waals surface area contributed by atoms with Crippen LogP contribution in [-0.2, 0) is 0 Å². The quantitative estimate of drug-likeness (QED) is 0.851. The molecule has 2 amide bonds. The Kier molecular flexibility index (Phi) is 3.52. The van der Waals surface area contributed by atoms with Gasteiger partial charge < -0.3 is 10.2 Å². The lowest BCUT2D eigenvalue weighted by Gasteiger charge is -2.25. The van der Waals surface area contributed by atoms with Crippen LogP contribution >= 0.6 is 0 Å². The van der Waals surface area contributed by atoms with Gasteiger partial charge in [0.05, 0.1) is 0 Å². The van der Waals surface area contributed by atoms with E-state index in [-0.39, 0.29) is 6.03 Å². The molecule has 92 valence electrons. The van der Waals surface area contributed by atoms with Gasteiger partial charge in [0, 0.05) is 38.6 Å². The number of carbonyl (C=O) groups excluding carboxylic acids is 1. The third-order valence-electron chi connectivity index (χ3n) is 3.13. The Bertz CT molecular complexity index is 405. The number of rotatable bonds is 2. The largest absolute Gasteiger partial charge is 0.388 e. The van der Waals surface area contributed by atoms with Crippen molar-refractivity contribution in [2.75, 3.05) is 37.4 Å². The molecule has 0 saturated carbocycles. The number of hydrogen-bond acceptors (Lipinski definition) is 2. The number of benzene rings is 1. The Morgan fingerprint density at radius 3 is 2.76 bits per heavy atom. The highest BCUT2D eigenvalue weighted by Gasteiger charge is 2.22. The zero-order valence-electron chi connectivity index (χ0n) is 10.4. The molecule has 1 heterocycles. The number of anilines is 2. The fourth-order valence-corrected chi connectivity index (χ4v) is 2.09. The topological polar surface area (TPSA) is 35.6 Å². The summed E-state index contributed by atoms with van der Waals surface area (Å²) in [6, 6.07) is 8.06. The molecule has 0 bridgehead atoms. The third kappa shape index (κ3) is 2.52. The zero-order chi connectivity index (χ0) is 12.3. The van der Waals surface area contributed by atoms with E-state index in [1.54, 1.807) is 4.90 Å². The Balaban J connectivity index is 2.26. The van der Waals surface area contributed by atoms with Gasteiger partial charge in [-0.1, -0.05) is 6.07 Å². The van der Waals surface area contributed by atoms with Gasteiger partial charge in [0.2, 0.25) is 0 Å². The number of nitrogens with zero attached hydrogens (tertiary/aromatic N) is 2. The minimum Gasteiger partial charge on any atom is -0.388 e. The Morgan fingerprint density at radius 2 is 2.00 bits per heavy atom. The van der Waals surface area contributed by atoms with Crippen molar-refractivity contribution >= 4 is 17.4 Å². The van der Waals surface area contributed by atoms with E-state index >= 15 is 0 Å². The minimum absolute atomic E-state index is 0.0933. The first-order valence-corrected chi connectivity index (χ1v) is 6.03. The Labute approximate surface area is 102 Å². The van der Waals surface area contributed by atoms with Gasteiger partial charge in [0.15, 0.2) is 0 Å². The molecule has 0 radical (unpaired) electrons. The lowest BCUT2D eigenvalue weighted by atomic mass is 10.2. The van der Waals surface area contributed by atoms with Crippen LogP contribution in [0.5, 0.6) is 0 Å². The van der Waals surface area contributed by atoms with Crippen LogP contribution in [-0.4, -0.2) is 38.1 Å². The van der Waals surface area contributed by atoms with E-state index in [0.29, 0.717) is 0 Å². The fourth-order valence-electron chi connectivity index (χ4n) is 2.09. The summed E-state index contributed by atoms with van der Waals surface area (Å²) in [7, 11) is 3.75. The van der Waals surface area contributed by atoms with Crippen LogP contribution in [0.25, 0.3) is 0 Å². The second-order valence-electron chi connectivity index (χ2n) is 4.36.